The number of nitrogens with zero attached hydrogens (tertiary/aromatic N) is 1. The van der Waals surface area contributed by atoms with Gasteiger partial charge in [0, 0.05) is 38.8 Å². The molecule has 2 N–H and O–H groups in total. The summed E-state index contributed by atoms with van der Waals surface area (Å²) in [6, 6.07) is 4.93. The van der Waals surface area contributed by atoms with E-state index in [1.54, 1.807) is 12.1 Å². The minimum atomic E-state index is -1.31. The fraction of sp³-hybridized carbons (Fsp3) is 0.450. The van der Waals surface area contributed by atoms with Crippen molar-refractivity contribution in [1.29, 1.82) is 0 Å². The summed E-state index contributed by atoms with van der Waals surface area (Å²) in [6.45, 7) is 6.74. The van der Waals surface area contributed by atoms with E-state index in [2.05, 4.69) is 17.1 Å². The lowest BCUT2D eigenvalue weighted by Crippen LogP contribution is -2.42. The number of aromatic carboxylic acids is 1. The third-order valence-corrected chi connectivity index (χ3v) is 4.85. The predicted octanol–water partition coefficient (Wildman–Crippen LogP) is 2.75. The van der Waals surface area contributed by atoms with Crippen molar-refractivity contribution in [3.05, 3.63) is 35.5 Å². The van der Waals surface area contributed by atoms with Crippen molar-refractivity contribution in [2.75, 3.05) is 23.3 Å². The van der Waals surface area contributed by atoms with Gasteiger partial charge in [0.25, 0.3) is 5.79 Å². The first-order valence-corrected chi connectivity index (χ1v) is 9.22. The Morgan fingerprint density at radius 1 is 1.21 bits per heavy atom. The summed E-state index contributed by atoms with van der Waals surface area (Å²) in [4.78, 5) is 37.8. The molecule has 0 aliphatic carbocycles. The summed E-state index contributed by atoms with van der Waals surface area (Å²) >= 11 is 0. The van der Waals surface area contributed by atoms with Gasteiger partial charge in [-0.3, -0.25) is 0 Å². The van der Waals surface area contributed by atoms with Gasteiger partial charge in [0.2, 0.25) is 0 Å². The smallest absolute Gasteiger partial charge is 0.350 e. The Morgan fingerprint density at radius 2 is 1.82 bits per heavy atom. The highest BCUT2D eigenvalue weighted by Crippen LogP contribution is 2.29. The van der Waals surface area contributed by atoms with E-state index in [1.807, 2.05) is 0 Å². The molecule has 2 saturated heterocycles. The van der Waals surface area contributed by atoms with Gasteiger partial charge in [0.1, 0.15) is 0 Å². The Bertz CT molecular complexity index is 815. The standard InChI is InChI=1S/C20H24N2O6/c1-12-6-8-22(9-7-12)16-5-4-13(10-14(16)17(23)24)21-11-15-18(25)27-20(2,3)28-19(15)26/h4-5,10-12,21H,6-9H2,1-3H3,(H,23,24). The fourth-order valence-electron chi connectivity index (χ4n) is 3.26. The van der Waals surface area contributed by atoms with E-state index < -0.39 is 23.7 Å². The van der Waals surface area contributed by atoms with Gasteiger partial charge >= 0.3 is 17.9 Å². The third kappa shape index (κ3) is 4.27. The van der Waals surface area contributed by atoms with Crippen LogP contribution in [0.25, 0.3) is 0 Å². The van der Waals surface area contributed by atoms with Crippen LogP contribution >= 0.6 is 0 Å². The Kier molecular flexibility index (Phi) is 5.31. The fourth-order valence-corrected chi connectivity index (χ4v) is 3.26. The molecule has 1 aromatic carbocycles. The van der Waals surface area contributed by atoms with Crippen LogP contribution in [0.5, 0.6) is 0 Å². The van der Waals surface area contributed by atoms with Crippen molar-refractivity contribution in [3.8, 4) is 0 Å². The molecule has 1 aromatic rings. The maximum atomic E-state index is 12.0. The molecule has 0 bridgehead atoms. The average Bonchev–Trinajstić information content (AvgIpc) is 2.60. The summed E-state index contributed by atoms with van der Waals surface area (Å²) in [5, 5.41) is 12.4. The van der Waals surface area contributed by atoms with Crippen molar-refractivity contribution in [3.63, 3.8) is 0 Å². The molecule has 0 radical (unpaired) electrons. The Morgan fingerprint density at radius 3 is 2.39 bits per heavy atom. The molecular weight excluding hydrogens is 364 g/mol. The largest absolute Gasteiger partial charge is 0.478 e. The van der Waals surface area contributed by atoms with Crippen molar-refractivity contribution >= 4 is 29.3 Å². The van der Waals surface area contributed by atoms with Gasteiger partial charge in [-0.25, -0.2) is 14.4 Å². The van der Waals surface area contributed by atoms with Crippen LogP contribution in [0.15, 0.2) is 30.0 Å². The molecule has 0 aromatic heterocycles. The molecule has 0 atom stereocenters. The summed E-state index contributed by atoms with van der Waals surface area (Å²) in [6.07, 6.45) is 3.21. The van der Waals surface area contributed by atoms with Gasteiger partial charge in [-0.2, -0.15) is 0 Å². The van der Waals surface area contributed by atoms with E-state index in [0.29, 0.717) is 17.3 Å². The van der Waals surface area contributed by atoms with Crippen molar-refractivity contribution in [2.24, 2.45) is 5.92 Å². The minimum Gasteiger partial charge on any atom is -0.478 e. The number of rotatable bonds is 4. The van der Waals surface area contributed by atoms with E-state index in [-0.39, 0.29) is 11.1 Å². The van der Waals surface area contributed by atoms with Crippen LogP contribution in [0.3, 0.4) is 0 Å². The highest BCUT2D eigenvalue weighted by molar-refractivity contribution is 6.15. The van der Waals surface area contributed by atoms with Gasteiger partial charge in [-0.05, 0) is 37.0 Å². The molecular formula is C20H24N2O6. The van der Waals surface area contributed by atoms with Crippen LogP contribution in [0.2, 0.25) is 0 Å². The lowest BCUT2D eigenvalue weighted by atomic mass is 9.98. The Balaban J connectivity index is 1.80. The van der Waals surface area contributed by atoms with Gasteiger partial charge in [-0.1, -0.05) is 6.92 Å². The molecule has 8 nitrogen and oxygen atoms in total. The molecule has 3 rings (SSSR count). The van der Waals surface area contributed by atoms with E-state index >= 15 is 0 Å². The molecule has 0 unspecified atom stereocenters. The zero-order valence-corrected chi connectivity index (χ0v) is 16.2. The molecule has 2 aliphatic rings. The number of carboxylic acids is 1. The van der Waals surface area contributed by atoms with Gasteiger partial charge in [0.05, 0.1) is 11.3 Å². The molecule has 28 heavy (non-hydrogen) atoms. The first-order chi connectivity index (χ1) is 13.2. The average molecular weight is 388 g/mol. The van der Waals surface area contributed by atoms with Crippen molar-refractivity contribution < 1.29 is 29.0 Å². The van der Waals surface area contributed by atoms with E-state index in [9.17, 15) is 19.5 Å². The number of ether oxygens (including phenoxy) is 2. The topological polar surface area (TPSA) is 105 Å². The Hall–Kier alpha value is -3.03. The molecule has 2 fully saturated rings. The van der Waals surface area contributed by atoms with Gasteiger partial charge in [-0.15, -0.1) is 0 Å². The second-order valence-corrected chi connectivity index (χ2v) is 7.59. The molecule has 0 spiro atoms. The van der Waals surface area contributed by atoms with Crippen LogP contribution in [0, 0.1) is 5.92 Å². The SMILES string of the molecule is CC1CCN(c2ccc(NC=C3C(=O)OC(C)(C)OC3=O)cc2C(=O)O)CC1. The maximum Gasteiger partial charge on any atom is 0.350 e. The minimum absolute atomic E-state index is 0.160. The maximum absolute atomic E-state index is 12.0. The quantitative estimate of drug-likeness (QED) is 0.461. The monoisotopic (exact) mass is 388 g/mol. The molecule has 0 saturated carbocycles. The molecule has 2 aliphatic heterocycles. The number of esters is 2. The first-order valence-electron chi connectivity index (χ1n) is 9.22. The molecule has 8 heteroatoms. The predicted molar refractivity (Wildman–Crippen MR) is 102 cm³/mol. The number of benzene rings is 1. The van der Waals surface area contributed by atoms with Crippen molar-refractivity contribution in [1.82, 2.24) is 0 Å². The zero-order chi connectivity index (χ0) is 20.5. The number of hydrogen-bond acceptors (Lipinski definition) is 7. The number of carbonyl (C=O) groups excluding carboxylic acids is 2. The van der Waals surface area contributed by atoms with Crippen LogP contribution < -0.4 is 10.2 Å². The molecule has 0 amide bonds. The normalized spacial score (nSPS) is 19.7. The van der Waals surface area contributed by atoms with Crippen molar-refractivity contribution in [2.45, 2.75) is 39.4 Å². The van der Waals surface area contributed by atoms with Gasteiger partial charge in [0.15, 0.2) is 5.57 Å². The molecule has 150 valence electrons. The first kappa shape index (κ1) is 19.7. The van der Waals surface area contributed by atoms with E-state index in [0.717, 1.165) is 25.9 Å². The van der Waals surface area contributed by atoms with Gasteiger partial charge < -0.3 is 24.8 Å². The summed E-state index contributed by atoms with van der Waals surface area (Å²) in [7, 11) is 0. The third-order valence-electron chi connectivity index (χ3n) is 4.85. The summed E-state index contributed by atoms with van der Waals surface area (Å²) < 4.78 is 10.0. The van der Waals surface area contributed by atoms with Crippen LogP contribution in [0.4, 0.5) is 11.4 Å². The van der Waals surface area contributed by atoms with Crippen LogP contribution in [-0.2, 0) is 19.1 Å². The number of carboxylic acid groups (broad SMARTS) is 1. The number of cyclic esters (lactones) is 2. The number of hydrogen-bond donors (Lipinski definition) is 2. The number of piperidine rings is 1. The summed E-state index contributed by atoms with van der Waals surface area (Å²) in [5.41, 5.74) is 0.971. The van der Waals surface area contributed by atoms with E-state index in [1.165, 1.54) is 26.1 Å². The second-order valence-electron chi connectivity index (χ2n) is 7.59. The highest BCUT2D eigenvalue weighted by Gasteiger charge is 2.39. The zero-order valence-electron chi connectivity index (χ0n) is 16.2. The number of anilines is 2. The van der Waals surface area contributed by atoms with Crippen LogP contribution in [0.1, 0.15) is 44.0 Å². The number of carbonyl (C=O) groups is 3. The lowest BCUT2D eigenvalue weighted by Gasteiger charge is -2.33. The van der Waals surface area contributed by atoms with E-state index in [4.69, 9.17) is 9.47 Å². The van der Waals surface area contributed by atoms with Crippen LogP contribution in [-0.4, -0.2) is 41.9 Å². The lowest BCUT2D eigenvalue weighted by molar-refractivity contribution is -0.222. The second kappa shape index (κ2) is 7.53. The summed E-state index contributed by atoms with van der Waals surface area (Å²) in [5.74, 6) is -3.31. The molecule has 2 heterocycles. The Labute approximate surface area is 163 Å². The highest BCUT2D eigenvalue weighted by atomic mass is 16.7. The number of nitrogens with one attached hydrogen (secondary N) is 1.